The van der Waals surface area contributed by atoms with Gasteiger partial charge >= 0.3 is 0 Å². The van der Waals surface area contributed by atoms with Gasteiger partial charge < -0.3 is 9.14 Å². The predicted molar refractivity (Wildman–Crippen MR) is 119 cm³/mol. The van der Waals surface area contributed by atoms with Gasteiger partial charge in [-0.05, 0) is 61.7 Å². The third kappa shape index (κ3) is 3.52. The van der Waals surface area contributed by atoms with Crippen LogP contribution in [0.1, 0.15) is 16.7 Å². The van der Waals surface area contributed by atoms with E-state index in [0.29, 0.717) is 22.7 Å². The van der Waals surface area contributed by atoms with Crippen molar-refractivity contribution < 1.29 is 13.2 Å². The summed E-state index contributed by atoms with van der Waals surface area (Å²) in [5.74, 6) is 0.312. The van der Waals surface area contributed by atoms with Gasteiger partial charge in [0.1, 0.15) is 16.3 Å². The van der Waals surface area contributed by atoms with Crippen molar-refractivity contribution in [2.45, 2.75) is 25.7 Å². The van der Waals surface area contributed by atoms with Crippen LogP contribution in [0.2, 0.25) is 0 Å². The zero-order valence-corrected chi connectivity index (χ0v) is 18.1. The van der Waals surface area contributed by atoms with Crippen molar-refractivity contribution in [1.82, 2.24) is 9.38 Å². The van der Waals surface area contributed by atoms with Crippen LogP contribution in [0.4, 0.5) is 5.69 Å². The number of para-hydroxylation sites is 1. The molecule has 0 aliphatic rings. The average molecular weight is 422 g/mol. The molecule has 154 valence electrons. The Morgan fingerprint density at radius 1 is 0.967 bits per heavy atom. The van der Waals surface area contributed by atoms with E-state index in [2.05, 4.69) is 4.72 Å². The molecule has 0 aliphatic heterocycles. The number of methoxy groups -OCH3 is 1. The van der Waals surface area contributed by atoms with Crippen molar-refractivity contribution in [2.24, 2.45) is 0 Å². The van der Waals surface area contributed by atoms with Crippen LogP contribution in [0, 0.1) is 20.8 Å². The van der Waals surface area contributed by atoms with Gasteiger partial charge in [-0.15, -0.1) is 0 Å². The second-order valence-electron chi connectivity index (χ2n) is 7.29. The van der Waals surface area contributed by atoms with Crippen molar-refractivity contribution in [3.63, 3.8) is 0 Å². The summed E-state index contributed by atoms with van der Waals surface area (Å²) in [7, 11) is -2.41. The molecule has 0 saturated carbocycles. The highest BCUT2D eigenvalue weighted by Crippen LogP contribution is 2.33. The summed E-state index contributed by atoms with van der Waals surface area (Å²) in [5, 5.41) is 0. The highest BCUT2D eigenvalue weighted by Gasteiger charge is 2.22. The molecule has 2 aromatic heterocycles. The van der Waals surface area contributed by atoms with Crippen LogP contribution >= 0.6 is 0 Å². The Morgan fingerprint density at radius 3 is 2.43 bits per heavy atom. The third-order valence-corrected chi connectivity index (χ3v) is 6.58. The molecule has 0 saturated heterocycles. The number of hydrogen-bond donors (Lipinski definition) is 1. The molecular weight excluding hydrogens is 398 g/mol. The van der Waals surface area contributed by atoms with Gasteiger partial charge in [0.05, 0.1) is 18.5 Å². The molecule has 30 heavy (non-hydrogen) atoms. The number of nitrogens with one attached hydrogen (secondary N) is 1. The van der Waals surface area contributed by atoms with Crippen LogP contribution in [0.25, 0.3) is 16.9 Å². The van der Waals surface area contributed by atoms with E-state index in [0.717, 1.165) is 22.3 Å². The number of pyridine rings is 1. The van der Waals surface area contributed by atoms with Crippen molar-refractivity contribution in [1.29, 1.82) is 0 Å². The number of hydrogen-bond acceptors (Lipinski definition) is 4. The number of imidazole rings is 1. The summed E-state index contributed by atoms with van der Waals surface area (Å²) < 4.78 is 36.5. The van der Waals surface area contributed by atoms with Crippen LogP contribution in [-0.4, -0.2) is 24.9 Å². The van der Waals surface area contributed by atoms with Crippen LogP contribution in [-0.2, 0) is 10.0 Å². The molecule has 2 aromatic carbocycles. The summed E-state index contributed by atoms with van der Waals surface area (Å²) in [6.07, 6.45) is 3.82. The number of aryl methyl sites for hydroxylation is 3. The lowest BCUT2D eigenvalue weighted by Gasteiger charge is -2.15. The number of fused-ring (bicyclic) bond motifs is 1. The summed E-state index contributed by atoms with van der Waals surface area (Å²) in [6, 6.07) is 14.6. The third-order valence-electron chi connectivity index (χ3n) is 5.19. The summed E-state index contributed by atoms with van der Waals surface area (Å²) in [6.45, 7) is 5.79. The minimum Gasteiger partial charge on any atom is -0.495 e. The SMILES string of the molecule is COc1cc(C)c(C)cc1S(=O)(=O)Nc1ccccc1-c1cn2cccc(C)c2n1. The quantitative estimate of drug-likeness (QED) is 0.505. The van der Waals surface area contributed by atoms with E-state index in [9.17, 15) is 8.42 Å². The fourth-order valence-corrected chi connectivity index (χ4v) is 4.73. The van der Waals surface area contributed by atoms with Gasteiger partial charge in [0.25, 0.3) is 10.0 Å². The minimum atomic E-state index is -3.87. The summed E-state index contributed by atoms with van der Waals surface area (Å²) in [5.41, 5.74) is 5.56. The lowest BCUT2D eigenvalue weighted by atomic mass is 10.1. The van der Waals surface area contributed by atoms with Gasteiger partial charge in [0.15, 0.2) is 0 Å². The molecule has 0 spiro atoms. The number of nitrogens with zero attached hydrogens (tertiary/aromatic N) is 2. The van der Waals surface area contributed by atoms with Crippen molar-refractivity contribution in [3.05, 3.63) is 77.6 Å². The fourth-order valence-electron chi connectivity index (χ4n) is 3.41. The standard InChI is InChI=1S/C23H23N3O3S/c1-15-8-7-11-26-14-20(24-23(15)26)18-9-5-6-10-19(18)25-30(27,28)22-13-17(3)16(2)12-21(22)29-4/h5-14,25H,1-4H3. The Labute approximate surface area is 176 Å². The molecule has 0 fully saturated rings. The molecule has 0 bridgehead atoms. The maximum Gasteiger partial charge on any atom is 0.265 e. The van der Waals surface area contributed by atoms with Crippen LogP contribution < -0.4 is 9.46 Å². The van der Waals surface area contributed by atoms with Crippen molar-refractivity contribution in [3.8, 4) is 17.0 Å². The molecule has 0 atom stereocenters. The van der Waals surface area contributed by atoms with Crippen molar-refractivity contribution >= 4 is 21.4 Å². The second-order valence-corrected chi connectivity index (χ2v) is 8.94. The molecule has 6 nitrogen and oxygen atoms in total. The molecule has 0 amide bonds. The number of sulfonamides is 1. The molecule has 4 aromatic rings. The molecule has 0 aliphatic carbocycles. The fraction of sp³-hybridized carbons (Fsp3) is 0.174. The first-order chi connectivity index (χ1) is 14.3. The van der Waals surface area contributed by atoms with Gasteiger partial charge in [-0.1, -0.05) is 24.3 Å². The first kappa shape index (κ1) is 20.0. The van der Waals surface area contributed by atoms with Gasteiger partial charge in [-0.25, -0.2) is 13.4 Å². The smallest absolute Gasteiger partial charge is 0.265 e. The number of benzene rings is 2. The molecule has 4 rings (SSSR count). The first-order valence-corrected chi connectivity index (χ1v) is 11.0. The van der Waals surface area contributed by atoms with Crippen molar-refractivity contribution in [2.75, 3.05) is 11.8 Å². The van der Waals surface area contributed by atoms with E-state index >= 15 is 0 Å². The van der Waals surface area contributed by atoms with E-state index < -0.39 is 10.0 Å². The summed E-state index contributed by atoms with van der Waals surface area (Å²) in [4.78, 5) is 4.81. The van der Waals surface area contributed by atoms with E-state index in [-0.39, 0.29) is 4.90 Å². The molecule has 7 heteroatoms. The van der Waals surface area contributed by atoms with Gasteiger partial charge in [0.2, 0.25) is 0 Å². The number of aromatic nitrogens is 2. The molecule has 0 unspecified atom stereocenters. The number of anilines is 1. The molecule has 1 N–H and O–H groups in total. The molecule has 2 heterocycles. The Balaban J connectivity index is 1.80. The lowest BCUT2D eigenvalue weighted by molar-refractivity contribution is 0.402. The van der Waals surface area contributed by atoms with Gasteiger partial charge in [-0.2, -0.15) is 0 Å². The topological polar surface area (TPSA) is 72.7 Å². The monoisotopic (exact) mass is 421 g/mol. The maximum atomic E-state index is 13.2. The summed E-state index contributed by atoms with van der Waals surface area (Å²) >= 11 is 0. The lowest BCUT2D eigenvalue weighted by Crippen LogP contribution is -2.15. The Morgan fingerprint density at radius 2 is 1.70 bits per heavy atom. The molecular formula is C23H23N3O3S. The number of rotatable bonds is 5. The highest BCUT2D eigenvalue weighted by molar-refractivity contribution is 7.92. The maximum absolute atomic E-state index is 13.2. The second kappa shape index (κ2) is 7.50. The van der Waals surface area contributed by atoms with Crippen LogP contribution in [0.5, 0.6) is 5.75 Å². The number of ether oxygens (including phenoxy) is 1. The normalized spacial score (nSPS) is 11.6. The zero-order chi connectivity index (χ0) is 21.5. The first-order valence-electron chi connectivity index (χ1n) is 9.52. The molecule has 0 radical (unpaired) electrons. The van der Waals surface area contributed by atoms with Crippen LogP contribution in [0.3, 0.4) is 0 Å². The predicted octanol–water partition coefficient (Wildman–Crippen LogP) is 4.74. The van der Waals surface area contributed by atoms with E-state index in [4.69, 9.17) is 9.72 Å². The Kier molecular flexibility index (Phi) is 4.99. The Hall–Kier alpha value is -3.32. The largest absolute Gasteiger partial charge is 0.495 e. The Bertz CT molecular complexity index is 1360. The van der Waals surface area contributed by atoms with Crippen LogP contribution in [0.15, 0.2) is 65.8 Å². The van der Waals surface area contributed by atoms with E-state index in [1.54, 1.807) is 24.3 Å². The minimum absolute atomic E-state index is 0.105. The highest BCUT2D eigenvalue weighted by atomic mass is 32.2. The van der Waals surface area contributed by atoms with Gasteiger partial charge in [0, 0.05) is 18.0 Å². The van der Waals surface area contributed by atoms with E-state index in [1.165, 1.54) is 7.11 Å². The van der Waals surface area contributed by atoms with Gasteiger partial charge in [-0.3, -0.25) is 4.72 Å². The zero-order valence-electron chi connectivity index (χ0n) is 17.3. The average Bonchev–Trinajstić information content (AvgIpc) is 3.15. The van der Waals surface area contributed by atoms with E-state index in [1.807, 2.05) is 61.8 Å².